The van der Waals surface area contributed by atoms with Crippen LogP contribution in [0.25, 0.3) is 82.1 Å². The van der Waals surface area contributed by atoms with Crippen LogP contribution in [0, 0.1) is 0 Å². The highest BCUT2D eigenvalue weighted by molar-refractivity contribution is 6.24. The van der Waals surface area contributed by atoms with Gasteiger partial charge in [0.25, 0.3) is 0 Å². The Kier molecular flexibility index (Phi) is 7.53. The molecule has 10 aromatic carbocycles. The zero-order valence-electron chi connectivity index (χ0n) is 30.7. The molecule has 0 aliphatic carbocycles. The lowest BCUT2D eigenvalue weighted by molar-refractivity contribution is 1.18. The predicted molar refractivity (Wildman–Crippen MR) is 239 cm³/mol. The van der Waals surface area contributed by atoms with Gasteiger partial charge in [-0.3, -0.25) is 0 Å². The molecular formula is C54H36N2. The Bertz CT molecular complexity index is 3200. The fraction of sp³-hybridized carbons (Fsp3) is 0. The highest BCUT2D eigenvalue weighted by atomic mass is 15.1. The van der Waals surface area contributed by atoms with Gasteiger partial charge in [-0.25, -0.2) is 0 Å². The van der Waals surface area contributed by atoms with Gasteiger partial charge < -0.3 is 9.47 Å². The van der Waals surface area contributed by atoms with E-state index < -0.39 is 0 Å². The first-order chi connectivity index (χ1) is 27.8. The van der Waals surface area contributed by atoms with Gasteiger partial charge in [0.2, 0.25) is 0 Å². The third kappa shape index (κ3) is 5.19. The molecule has 0 aliphatic heterocycles. The van der Waals surface area contributed by atoms with Crippen LogP contribution in [-0.2, 0) is 0 Å². The van der Waals surface area contributed by atoms with Crippen molar-refractivity contribution in [2.24, 2.45) is 0 Å². The minimum Gasteiger partial charge on any atom is -0.310 e. The molecule has 2 nitrogen and oxygen atoms in total. The first-order valence-electron chi connectivity index (χ1n) is 19.3. The summed E-state index contributed by atoms with van der Waals surface area (Å²) in [4.78, 5) is 2.43. The summed E-state index contributed by atoms with van der Waals surface area (Å²) in [5, 5.41) is 10.1. The Morgan fingerprint density at radius 2 is 0.875 bits per heavy atom. The lowest BCUT2D eigenvalue weighted by Crippen LogP contribution is -2.10. The number of hydrogen-bond acceptors (Lipinski definition) is 1. The second kappa shape index (κ2) is 13.2. The van der Waals surface area contributed by atoms with Crippen LogP contribution in [-0.4, -0.2) is 4.57 Å². The monoisotopic (exact) mass is 712 g/mol. The van der Waals surface area contributed by atoms with Gasteiger partial charge >= 0.3 is 0 Å². The number of benzene rings is 10. The zero-order chi connectivity index (χ0) is 37.0. The maximum Gasteiger partial charge on any atom is 0.0562 e. The largest absolute Gasteiger partial charge is 0.310 e. The van der Waals surface area contributed by atoms with Gasteiger partial charge in [0, 0.05) is 27.8 Å². The van der Waals surface area contributed by atoms with E-state index in [1.807, 2.05) is 0 Å². The summed E-state index contributed by atoms with van der Waals surface area (Å²) < 4.78 is 2.39. The summed E-state index contributed by atoms with van der Waals surface area (Å²) in [5.41, 5.74) is 11.7. The average Bonchev–Trinajstić information content (AvgIpc) is 3.62. The molecular weight excluding hydrogens is 677 g/mol. The molecule has 0 aliphatic rings. The molecule has 262 valence electrons. The highest BCUT2D eigenvalue weighted by Gasteiger charge is 2.21. The van der Waals surface area contributed by atoms with Crippen LogP contribution < -0.4 is 4.90 Å². The molecule has 11 aromatic rings. The number of aromatic nitrogens is 1. The molecule has 2 heteroatoms. The summed E-state index contributed by atoms with van der Waals surface area (Å²) >= 11 is 0. The fourth-order valence-corrected chi connectivity index (χ4v) is 8.80. The maximum atomic E-state index is 2.43. The molecule has 0 bridgehead atoms. The van der Waals surface area contributed by atoms with E-state index in [2.05, 4.69) is 228 Å². The van der Waals surface area contributed by atoms with Crippen LogP contribution in [0.4, 0.5) is 17.1 Å². The SMILES string of the molecule is c1ccc(-c2ccc(N(c3ccc(-c4cc5ccccc5c5c4ccc4ccccc45)cc3)c3cccc4c3c3ccccc3n4-c3ccccc3)cc2)cc1. The van der Waals surface area contributed by atoms with Crippen molar-refractivity contribution in [3.05, 3.63) is 218 Å². The van der Waals surface area contributed by atoms with E-state index >= 15 is 0 Å². The summed E-state index contributed by atoms with van der Waals surface area (Å²) in [7, 11) is 0. The number of fused-ring (bicyclic) bond motifs is 8. The lowest BCUT2D eigenvalue weighted by Gasteiger charge is -2.27. The Labute approximate surface area is 325 Å². The van der Waals surface area contributed by atoms with Crippen LogP contribution >= 0.6 is 0 Å². The third-order valence-electron chi connectivity index (χ3n) is 11.3. The zero-order valence-corrected chi connectivity index (χ0v) is 30.7. The molecule has 0 unspecified atom stereocenters. The Morgan fingerprint density at radius 3 is 1.61 bits per heavy atom. The molecule has 1 aromatic heterocycles. The minimum atomic E-state index is 1.10. The molecule has 0 spiro atoms. The maximum absolute atomic E-state index is 2.43. The van der Waals surface area contributed by atoms with Gasteiger partial charge in [0.05, 0.1) is 16.7 Å². The minimum absolute atomic E-state index is 1.10. The normalized spacial score (nSPS) is 11.6. The van der Waals surface area contributed by atoms with Gasteiger partial charge in [-0.15, -0.1) is 0 Å². The average molecular weight is 713 g/mol. The second-order valence-electron chi connectivity index (χ2n) is 14.5. The quantitative estimate of drug-likeness (QED) is 0.156. The Hall–Kier alpha value is -7.42. The summed E-state index contributed by atoms with van der Waals surface area (Å²) in [6.07, 6.45) is 0. The summed E-state index contributed by atoms with van der Waals surface area (Å²) in [5.74, 6) is 0. The molecule has 0 N–H and O–H groups in total. The predicted octanol–water partition coefficient (Wildman–Crippen LogP) is 15.0. The van der Waals surface area contributed by atoms with Crippen molar-refractivity contribution in [1.82, 2.24) is 4.57 Å². The van der Waals surface area contributed by atoms with E-state index in [0.29, 0.717) is 0 Å². The first-order valence-corrected chi connectivity index (χ1v) is 19.3. The molecule has 1 heterocycles. The number of nitrogens with zero attached hydrogens (tertiary/aromatic N) is 2. The standard InChI is InChI=1S/C54H36N2/c1-3-14-37(15-4-1)38-26-31-43(32-27-38)55(51-24-13-25-52-54(51)48-22-11-12-23-50(48)56(52)42-18-5-2-6-19-42)44-33-28-40(29-34-44)49-36-41-17-8-10-21-46(41)53-45-20-9-7-16-39(45)30-35-47(49)53/h1-36H. The fourth-order valence-electron chi connectivity index (χ4n) is 8.80. The molecule has 0 saturated carbocycles. The van der Waals surface area contributed by atoms with E-state index in [1.54, 1.807) is 0 Å². The lowest BCUT2D eigenvalue weighted by atomic mass is 9.90. The van der Waals surface area contributed by atoms with E-state index in [4.69, 9.17) is 0 Å². The molecule has 0 radical (unpaired) electrons. The number of rotatable bonds is 6. The van der Waals surface area contributed by atoms with E-state index in [1.165, 1.54) is 76.4 Å². The van der Waals surface area contributed by atoms with Crippen molar-refractivity contribution < 1.29 is 0 Å². The van der Waals surface area contributed by atoms with Gasteiger partial charge in [-0.1, -0.05) is 158 Å². The van der Waals surface area contributed by atoms with Gasteiger partial charge in [0.15, 0.2) is 0 Å². The molecule has 56 heavy (non-hydrogen) atoms. The first kappa shape index (κ1) is 32.0. The number of anilines is 3. The Morgan fingerprint density at radius 1 is 0.321 bits per heavy atom. The van der Waals surface area contributed by atoms with Crippen LogP contribution in [0.1, 0.15) is 0 Å². The van der Waals surface area contributed by atoms with E-state index in [0.717, 1.165) is 22.7 Å². The van der Waals surface area contributed by atoms with Crippen molar-refractivity contribution in [2.75, 3.05) is 4.90 Å². The number of hydrogen-bond donors (Lipinski definition) is 0. The van der Waals surface area contributed by atoms with Gasteiger partial charge in [0.1, 0.15) is 0 Å². The molecule has 0 fully saturated rings. The van der Waals surface area contributed by atoms with Crippen LogP contribution in [0.3, 0.4) is 0 Å². The van der Waals surface area contributed by atoms with Gasteiger partial charge in [-0.05, 0) is 115 Å². The van der Waals surface area contributed by atoms with Crippen molar-refractivity contribution >= 4 is 71.2 Å². The smallest absolute Gasteiger partial charge is 0.0562 e. The van der Waals surface area contributed by atoms with Crippen molar-refractivity contribution in [3.63, 3.8) is 0 Å². The van der Waals surface area contributed by atoms with Crippen molar-refractivity contribution in [3.8, 4) is 27.9 Å². The van der Waals surface area contributed by atoms with E-state index in [9.17, 15) is 0 Å². The summed E-state index contributed by atoms with van der Waals surface area (Å²) in [6, 6.07) is 79.4. The molecule has 11 rings (SSSR count). The molecule has 0 amide bonds. The van der Waals surface area contributed by atoms with Crippen molar-refractivity contribution in [1.29, 1.82) is 0 Å². The van der Waals surface area contributed by atoms with E-state index in [-0.39, 0.29) is 0 Å². The molecule has 0 atom stereocenters. The highest BCUT2D eigenvalue weighted by Crippen LogP contribution is 2.45. The number of para-hydroxylation sites is 2. The van der Waals surface area contributed by atoms with Crippen LogP contribution in [0.2, 0.25) is 0 Å². The van der Waals surface area contributed by atoms with Gasteiger partial charge in [-0.2, -0.15) is 0 Å². The van der Waals surface area contributed by atoms with Crippen LogP contribution in [0.15, 0.2) is 218 Å². The van der Waals surface area contributed by atoms with Crippen molar-refractivity contribution in [2.45, 2.75) is 0 Å². The molecule has 0 saturated heterocycles. The summed E-state index contributed by atoms with van der Waals surface area (Å²) in [6.45, 7) is 0. The topological polar surface area (TPSA) is 8.17 Å². The second-order valence-corrected chi connectivity index (χ2v) is 14.5. The third-order valence-corrected chi connectivity index (χ3v) is 11.3. The Balaban J connectivity index is 1.12. The van der Waals surface area contributed by atoms with Crippen LogP contribution in [0.5, 0.6) is 0 Å².